The molecule has 0 aliphatic carbocycles. The number of aromatic nitrogens is 2. The van der Waals surface area contributed by atoms with Gasteiger partial charge in [-0.15, -0.1) is 11.6 Å². The highest BCUT2D eigenvalue weighted by atomic mass is 35.5. The lowest BCUT2D eigenvalue weighted by Crippen LogP contribution is -1.86. The molecule has 0 N–H and O–H groups in total. The predicted octanol–water partition coefficient (Wildman–Crippen LogP) is 2.81. The predicted molar refractivity (Wildman–Crippen MR) is 55.8 cm³/mol. The summed E-state index contributed by atoms with van der Waals surface area (Å²) in [5, 5.41) is 3.85. The lowest BCUT2D eigenvalue weighted by Gasteiger charge is -1.88. The van der Waals surface area contributed by atoms with Gasteiger partial charge in [0.15, 0.2) is 5.76 Å². The fourth-order valence-electron chi connectivity index (χ4n) is 1.27. The van der Waals surface area contributed by atoms with Crippen LogP contribution in [0, 0.1) is 6.92 Å². The summed E-state index contributed by atoms with van der Waals surface area (Å²) in [6, 6.07) is 1.87. The summed E-state index contributed by atoms with van der Waals surface area (Å²) in [5.74, 6) is 2.36. The van der Waals surface area contributed by atoms with Crippen LogP contribution in [0.15, 0.2) is 21.3 Å². The van der Waals surface area contributed by atoms with E-state index in [-0.39, 0.29) is 0 Å². The first kappa shape index (κ1) is 10.2. The minimum absolute atomic E-state index is 0.502. The molecule has 0 atom stereocenters. The zero-order chi connectivity index (χ0) is 10.7. The second kappa shape index (κ2) is 4.49. The average molecular weight is 227 g/mol. The summed E-state index contributed by atoms with van der Waals surface area (Å²) in [5.41, 5.74) is 1.000. The van der Waals surface area contributed by atoms with Crippen LogP contribution in [0.5, 0.6) is 0 Å². The van der Waals surface area contributed by atoms with E-state index >= 15 is 0 Å². The molecule has 2 rings (SSSR count). The maximum absolute atomic E-state index is 5.57. The number of nitrogens with zero attached hydrogens (tertiary/aromatic N) is 2. The maximum Gasteiger partial charge on any atom is 0.238 e. The molecule has 0 bridgehead atoms. The van der Waals surface area contributed by atoms with Crippen molar-refractivity contribution in [2.75, 3.05) is 5.88 Å². The van der Waals surface area contributed by atoms with E-state index in [1.807, 2.05) is 13.0 Å². The van der Waals surface area contributed by atoms with Crippen LogP contribution in [-0.2, 0) is 6.42 Å². The van der Waals surface area contributed by atoms with Gasteiger partial charge in [0.2, 0.25) is 11.7 Å². The molecule has 0 amide bonds. The van der Waals surface area contributed by atoms with Gasteiger partial charge in [-0.1, -0.05) is 5.16 Å². The first-order valence-corrected chi connectivity index (χ1v) is 5.27. The third kappa shape index (κ3) is 2.21. The Morgan fingerprint density at radius 2 is 2.33 bits per heavy atom. The Kier molecular flexibility index (Phi) is 3.06. The van der Waals surface area contributed by atoms with E-state index < -0.39 is 0 Å². The smallest absolute Gasteiger partial charge is 0.238 e. The summed E-state index contributed by atoms with van der Waals surface area (Å²) in [4.78, 5) is 4.22. The minimum atomic E-state index is 0.502. The highest BCUT2D eigenvalue weighted by molar-refractivity contribution is 6.17. The zero-order valence-electron chi connectivity index (χ0n) is 8.36. The third-order valence-corrected chi connectivity index (χ3v) is 2.32. The molecule has 0 saturated heterocycles. The topological polar surface area (TPSA) is 52.1 Å². The minimum Gasteiger partial charge on any atom is -0.461 e. The first-order valence-electron chi connectivity index (χ1n) is 4.74. The number of halogens is 1. The molecular formula is C10H11ClN2O2. The molecule has 80 valence electrons. The molecule has 0 saturated carbocycles. The van der Waals surface area contributed by atoms with Crippen molar-refractivity contribution < 1.29 is 8.94 Å². The summed E-state index contributed by atoms with van der Waals surface area (Å²) in [6.07, 6.45) is 3.15. The molecule has 0 aliphatic heterocycles. The van der Waals surface area contributed by atoms with Gasteiger partial charge in [0.1, 0.15) is 0 Å². The van der Waals surface area contributed by atoms with Crippen LogP contribution in [0.4, 0.5) is 0 Å². The van der Waals surface area contributed by atoms with Crippen LogP contribution in [0.25, 0.3) is 11.6 Å². The molecular weight excluding hydrogens is 216 g/mol. The first-order chi connectivity index (χ1) is 7.31. The molecule has 0 spiro atoms. The largest absolute Gasteiger partial charge is 0.461 e. The van der Waals surface area contributed by atoms with Crippen LogP contribution < -0.4 is 0 Å². The van der Waals surface area contributed by atoms with Crippen LogP contribution in [-0.4, -0.2) is 16.0 Å². The molecule has 0 fully saturated rings. The molecule has 2 heterocycles. The Labute approximate surface area is 92.2 Å². The number of rotatable bonds is 4. The van der Waals surface area contributed by atoms with E-state index in [1.165, 1.54) is 0 Å². The van der Waals surface area contributed by atoms with Crippen molar-refractivity contribution in [3.63, 3.8) is 0 Å². The van der Waals surface area contributed by atoms with Crippen molar-refractivity contribution in [3.05, 3.63) is 23.8 Å². The summed E-state index contributed by atoms with van der Waals surface area (Å²) in [7, 11) is 0. The maximum atomic E-state index is 5.57. The van der Waals surface area contributed by atoms with Gasteiger partial charge in [-0.3, -0.25) is 0 Å². The molecule has 0 aromatic carbocycles. The number of hydrogen-bond acceptors (Lipinski definition) is 4. The van der Waals surface area contributed by atoms with E-state index in [2.05, 4.69) is 10.1 Å². The van der Waals surface area contributed by atoms with E-state index in [4.69, 9.17) is 20.5 Å². The molecule has 0 unspecified atom stereocenters. The fraction of sp³-hybridized carbons (Fsp3) is 0.400. The van der Waals surface area contributed by atoms with Crippen molar-refractivity contribution in [2.24, 2.45) is 0 Å². The summed E-state index contributed by atoms with van der Waals surface area (Å²) in [6.45, 7) is 1.94. The number of hydrogen-bond donors (Lipinski definition) is 0. The second-order valence-electron chi connectivity index (χ2n) is 3.24. The van der Waals surface area contributed by atoms with Crippen molar-refractivity contribution in [2.45, 2.75) is 19.8 Å². The van der Waals surface area contributed by atoms with Gasteiger partial charge in [0.05, 0.1) is 6.26 Å². The van der Waals surface area contributed by atoms with E-state index in [0.29, 0.717) is 29.8 Å². The van der Waals surface area contributed by atoms with Crippen LogP contribution in [0.3, 0.4) is 0 Å². The van der Waals surface area contributed by atoms with E-state index in [1.54, 1.807) is 6.26 Å². The number of aryl methyl sites for hydroxylation is 2. The third-order valence-electron chi connectivity index (χ3n) is 2.06. The van der Waals surface area contributed by atoms with Gasteiger partial charge >= 0.3 is 0 Å². The van der Waals surface area contributed by atoms with Gasteiger partial charge in [0.25, 0.3) is 0 Å². The molecule has 4 nitrogen and oxygen atoms in total. The molecule has 0 radical (unpaired) electrons. The highest BCUT2D eigenvalue weighted by Gasteiger charge is 2.13. The lowest BCUT2D eigenvalue weighted by molar-refractivity contribution is 0.377. The standard InChI is InChI=1S/C10H11ClN2O2/c1-7-4-6-14-9(7)10-12-8(15-13-10)3-2-5-11/h4,6H,2-3,5H2,1H3. The monoisotopic (exact) mass is 226 g/mol. The quantitative estimate of drug-likeness (QED) is 0.753. The van der Waals surface area contributed by atoms with E-state index in [9.17, 15) is 0 Å². The van der Waals surface area contributed by atoms with E-state index in [0.717, 1.165) is 12.0 Å². The number of furan rings is 1. The van der Waals surface area contributed by atoms with Crippen molar-refractivity contribution in [3.8, 4) is 11.6 Å². The molecule has 2 aromatic rings. The van der Waals surface area contributed by atoms with Crippen LogP contribution in [0.1, 0.15) is 17.9 Å². The number of alkyl halides is 1. The molecule has 0 aliphatic rings. The highest BCUT2D eigenvalue weighted by Crippen LogP contribution is 2.21. The Bertz CT molecular complexity index is 436. The molecule has 2 aromatic heterocycles. The van der Waals surface area contributed by atoms with Crippen LogP contribution >= 0.6 is 11.6 Å². The van der Waals surface area contributed by atoms with Gasteiger partial charge in [0, 0.05) is 12.3 Å². The van der Waals surface area contributed by atoms with Crippen molar-refractivity contribution in [1.82, 2.24) is 10.1 Å². The van der Waals surface area contributed by atoms with Crippen LogP contribution in [0.2, 0.25) is 0 Å². The SMILES string of the molecule is Cc1ccoc1-c1noc(CCCCl)n1. The van der Waals surface area contributed by atoms with Gasteiger partial charge < -0.3 is 8.94 Å². The normalized spacial score (nSPS) is 10.8. The van der Waals surface area contributed by atoms with Gasteiger partial charge in [-0.2, -0.15) is 4.98 Å². The molecule has 5 heteroatoms. The van der Waals surface area contributed by atoms with Gasteiger partial charge in [-0.25, -0.2) is 0 Å². The lowest BCUT2D eigenvalue weighted by atomic mass is 10.3. The van der Waals surface area contributed by atoms with Gasteiger partial charge in [-0.05, 0) is 25.0 Å². The summed E-state index contributed by atoms with van der Waals surface area (Å²) < 4.78 is 10.3. The van der Waals surface area contributed by atoms with Crippen molar-refractivity contribution in [1.29, 1.82) is 0 Å². The Balaban J connectivity index is 2.17. The molecule has 15 heavy (non-hydrogen) atoms. The Morgan fingerprint density at radius 1 is 1.47 bits per heavy atom. The Hall–Kier alpha value is -1.29. The summed E-state index contributed by atoms with van der Waals surface area (Å²) >= 11 is 5.57. The second-order valence-corrected chi connectivity index (χ2v) is 3.61. The fourth-order valence-corrected chi connectivity index (χ4v) is 1.40. The van der Waals surface area contributed by atoms with Crippen molar-refractivity contribution >= 4 is 11.6 Å². The average Bonchev–Trinajstić information content (AvgIpc) is 2.83. The zero-order valence-corrected chi connectivity index (χ0v) is 9.12. The Morgan fingerprint density at radius 3 is 3.00 bits per heavy atom.